The van der Waals surface area contributed by atoms with Gasteiger partial charge in [0.05, 0.1) is 11.3 Å². The molecule has 0 aliphatic carbocycles. The third-order valence-corrected chi connectivity index (χ3v) is 5.54. The summed E-state index contributed by atoms with van der Waals surface area (Å²) in [5, 5.41) is 2.71. The molecule has 0 spiro atoms. The Morgan fingerprint density at radius 3 is 2.39 bits per heavy atom. The fourth-order valence-corrected chi connectivity index (χ4v) is 3.65. The summed E-state index contributed by atoms with van der Waals surface area (Å²) in [6.45, 7) is 3.90. The van der Waals surface area contributed by atoms with E-state index in [-0.39, 0.29) is 10.7 Å². The molecule has 0 unspecified atom stereocenters. The molecule has 1 aliphatic heterocycles. The summed E-state index contributed by atoms with van der Waals surface area (Å²) in [5.41, 5.74) is 3.26. The van der Waals surface area contributed by atoms with Gasteiger partial charge in [-0.1, -0.05) is 42.8 Å². The Labute approximate surface area is 196 Å². The van der Waals surface area contributed by atoms with E-state index >= 15 is 0 Å². The number of amides is 2. The Bertz CT molecular complexity index is 1280. The summed E-state index contributed by atoms with van der Waals surface area (Å²) in [6.07, 6.45) is 0.840. The molecule has 0 fully saturated rings. The lowest BCUT2D eigenvalue weighted by Crippen LogP contribution is -2.32. The van der Waals surface area contributed by atoms with Gasteiger partial charge in [0.25, 0.3) is 11.8 Å². The van der Waals surface area contributed by atoms with Crippen molar-refractivity contribution in [2.75, 3.05) is 10.2 Å². The number of anilines is 2. The Balaban J connectivity index is 1.47. The number of hydrogen-bond acceptors (Lipinski definition) is 5. The second-order valence-electron chi connectivity index (χ2n) is 7.57. The molecule has 0 saturated heterocycles. The lowest BCUT2D eigenvalue weighted by Gasteiger charge is -2.15. The highest BCUT2D eigenvalue weighted by Gasteiger charge is 2.39. The number of esters is 1. The molecule has 166 valence electrons. The van der Waals surface area contributed by atoms with Crippen LogP contribution >= 0.6 is 11.6 Å². The summed E-state index contributed by atoms with van der Waals surface area (Å²) in [6, 6.07) is 20.8. The highest BCUT2D eigenvalue weighted by Crippen LogP contribution is 2.30. The lowest BCUT2D eigenvalue weighted by molar-refractivity contribution is -0.120. The topological polar surface area (TPSA) is 75.7 Å². The first-order chi connectivity index (χ1) is 15.9. The summed E-state index contributed by atoms with van der Waals surface area (Å²) in [4.78, 5) is 39.0. The third-order valence-electron chi connectivity index (χ3n) is 5.19. The monoisotopic (exact) mass is 460 g/mol. The lowest BCUT2D eigenvalue weighted by atomic mass is 10.1. The van der Waals surface area contributed by atoms with Crippen molar-refractivity contribution < 1.29 is 19.1 Å². The van der Waals surface area contributed by atoms with Crippen LogP contribution in [0.2, 0.25) is 0 Å². The minimum absolute atomic E-state index is 0.0186. The molecule has 0 atom stereocenters. The van der Waals surface area contributed by atoms with Gasteiger partial charge < -0.3 is 10.1 Å². The fourth-order valence-electron chi connectivity index (χ4n) is 3.44. The summed E-state index contributed by atoms with van der Waals surface area (Å²) in [7, 11) is 0. The quantitative estimate of drug-likeness (QED) is 0.310. The Hall–Kier alpha value is -3.90. The van der Waals surface area contributed by atoms with E-state index in [1.54, 1.807) is 48.5 Å². The van der Waals surface area contributed by atoms with E-state index in [0.717, 1.165) is 22.4 Å². The summed E-state index contributed by atoms with van der Waals surface area (Å²) >= 11 is 6.19. The largest absolute Gasteiger partial charge is 0.423 e. The average Bonchev–Trinajstić information content (AvgIpc) is 3.02. The van der Waals surface area contributed by atoms with Gasteiger partial charge in [-0.3, -0.25) is 9.59 Å². The van der Waals surface area contributed by atoms with Crippen molar-refractivity contribution in [1.82, 2.24) is 0 Å². The zero-order chi connectivity index (χ0) is 23.5. The maximum Gasteiger partial charge on any atom is 0.343 e. The molecule has 6 nitrogen and oxygen atoms in total. The van der Waals surface area contributed by atoms with Crippen molar-refractivity contribution in [3.05, 3.63) is 100 Å². The van der Waals surface area contributed by atoms with E-state index in [0.29, 0.717) is 22.7 Å². The van der Waals surface area contributed by atoms with Gasteiger partial charge in [0.2, 0.25) is 0 Å². The van der Waals surface area contributed by atoms with E-state index in [1.165, 1.54) is 0 Å². The maximum absolute atomic E-state index is 12.9. The Morgan fingerprint density at radius 1 is 0.970 bits per heavy atom. The first kappa shape index (κ1) is 22.3. The number of carbonyl (C=O) groups is 3. The van der Waals surface area contributed by atoms with Crippen molar-refractivity contribution in [3.63, 3.8) is 0 Å². The van der Waals surface area contributed by atoms with Crippen LogP contribution in [0.15, 0.2) is 83.5 Å². The molecule has 33 heavy (non-hydrogen) atoms. The van der Waals surface area contributed by atoms with Gasteiger partial charge in [0.1, 0.15) is 16.5 Å². The van der Waals surface area contributed by atoms with Gasteiger partial charge in [0, 0.05) is 5.69 Å². The summed E-state index contributed by atoms with van der Waals surface area (Å²) < 4.78 is 5.44. The minimum Gasteiger partial charge on any atom is -0.423 e. The Morgan fingerprint density at radius 2 is 1.70 bits per heavy atom. The molecule has 7 heteroatoms. The normalized spacial score (nSPS) is 13.5. The van der Waals surface area contributed by atoms with Gasteiger partial charge in [-0.25, -0.2) is 9.69 Å². The van der Waals surface area contributed by atoms with E-state index < -0.39 is 17.8 Å². The van der Waals surface area contributed by atoms with Gasteiger partial charge in [-0.05, 0) is 73.0 Å². The van der Waals surface area contributed by atoms with Crippen LogP contribution in [0.3, 0.4) is 0 Å². The number of imide groups is 1. The van der Waals surface area contributed by atoms with E-state index in [4.69, 9.17) is 16.3 Å². The van der Waals surface area contributed by atoms with Gasteiger partial charge in [0.15, 0.2) is 0 Å². The maximum atomic E-state index is 12.9. The highest BCUT2D eigenvalue weighted by atomic mass is 35.5. The third kappa shape index (κ3) is 4.66. The minimum atomic E-state index is -0.593. The number of aryl methyl sites for hydroxylation is 2. The molecule has 2 amide bonds. The van der Waals surface area contributed by atoms with Crippen molar-refractivity contribution in [2.45, 2.75) is 20.3 Å². The average molecular weight is 461 g/mol. The zero-order valence-corrected chi connectivity index (χ0v) is 18.8. The molecule has 0 radical (unpaired) electrons. The van der Waals surface area contributed by atoms with Crippen molar-refractivity contribution in [2.24, 2.45) is 0 Å². The van der Waals surface area contributed by atoms with Crippen molar-refractivity contribution in [1.29, 1.82) is 0 Å². The number of halogens is 1. The van der Waals surface area contributed by atoms with Crippen LogP contribution in [-0.4, -0.2) is 17.8 Å². The molecule has 0 bridgehead atoms. The van der Waals surface area contributed by atoms with E-state index in [1.807, 2.05) is 38.1 Å². The van der Waals surface area contributed by atoms with Crippen molar-refractivity contribution >= 4 is 40.8 Å². The number of carbonyl (C=O) groups excluding carboxylic acids is 3. The number of benzene rings is 3. The molecule has 1 heterocycles. The van der Waals surface area contributed by atoms with Gasteiger partial charge >= 0.3 is 5.97 Å². The number of nitrogens with one attached hydrogen (secondary N) is 1. The molecule has 1 N–H and O–H groups in total. The van der Waals surface area contributed by atoms with Crippen LogP contribution in [-0.2, 0) is 16.0 Å². The highest BCUT2D eigenvalue weighted by molar-refractivity contribution is 6.53. The predicted octanol–water partition coefficient (Wildman–Crippen LogP) is 5.21. The zero-order valence-electron chi connectivity index (χ0n) is 18.1. The predicted molar refractivity (Wildman–Crippen MR) is 127 cm³/mol. The number of nitrogens with zero attached hydrogens (tertiary/aromatic N) is 1. The fraction of sp³-hybridized carbons (Fsp3) is 0.115. The first-order valence-corrected chi connectivity index (χ1v) is 10.8. The van der Waals surface area contributed by atoms with Crippen LogP contribution in [0.4, 0.5) is 11.4 Å². The molecule has 3 aromatic carbocycles. The molecular weight excluding hydrogens is 440 g/mol. The van der Waals surface area contributed by atoms with Gasteiger partial charge in [-0.2, -0.15) is 0 Å². The SMILES string of the molecule is CCc1cccc(OC(=O)c2ccc(NC3=C(Cl)C(=O)N(c4cccc(C)c4)C3=O)cc2)c1. The molecule has 0 aromatic heterocycles. The van der Waals surface area contributed by atoms with Crippen LogP contribution in [0.1, 0.15) is 28.4 Å². The number of hydrogen-bond donors (Lipinski definition) is 1. The molecule has 1 aliphatic rings. The second kappa shape index (κ2) is 9.30. The van der Waals surface area contributed by atoms with Crippen LogP contribution in [0.25, 0.3) is 0 Å². The molecule has 4 rings (SSSR count). The summed E-state index contributed by atoms with van der Waals surface area (Å²) in [5.74, 6) is -1.16. The van der Waals surface area contributed by atoms with Crippen LogP contribution in [0.5, 0.6) is 5.75 Å². The molecule has 3 aromatic rings. The van der Waals surface area contributed by atoms with E-state index in [2.05, 4.69) is 5.32 Å². The van der Waals surface area contributed by atoms with Crippen molar-refractivity contribution in [3.8, 4) is 5.75 Å². The van der Waals surface area contributed by atoms with E-state index in [9.17, 15) is 14.4 Å². The van der Waals surface area contributed by atoms with Crippen LogP contribution < -0.4 is 15.0 Å². The smallest absolute Gasteiger partial charge is 0.343 e. The van der Waals surface area contributed by atoms with Crippen LogP contribution in [0, 0.1) is 6.92 Å². The first-order valence-electron chi connectivity index (χ1n) is 10.4. The number of rotatable bonds is 6. The molecule has 0 saturated carbocycles. The van der Waals surface area contributed by atoms with Gasteiger partial charge in [-0.15, -0.1) is 0 Å². The number of ether oxygens (including phenoxy) is 1. The second-order valence-corrected chi connectivity index (χ2v) is 7.94. The molecular formula is C26H21ClN2O4. The standard InChI is InChI=1S/C26H21ClN2O4/c1-3-17-7-5-9-21(15-17)33-26(32)18-10-12-19(13-11-18)28-23-22(27)24(30)29(25(23)31)20-8-4-6-16(2)14-20/h4-15,28H,3H2,1-2H3. The Kier molecular flexibility index (Phi) is 6.29.